The zero-order valence-corrected chi connectivity index (χ0v) is 15.6. The normalized spacial score (nSPS) is 12.2. The molecular formula is C18H20ClN5O2. The maximum Gasteiger partial charge on any atom is 0.251 e. The van der Waals surface area contributed by atoms with Crippen LogP contribution >= 0.6 is 11.6 Å². The Balaban J connectivity index is 2.20. The minimum atomic E-state index is -0.0932. The van der Waals surface area contributed by atoms with E-state index < -0.39 is 0 Å². The Hall–Kier alpha value is -2.67. The second kappa shape index (κ2) is 7.70. The Morgan fingerprint density at radius 2 is 2.08 bits per heavy atom. The van der Waals surface area contributed by atoms with Gasteiger partial charge >= 0.3 is 0 Å². The van der Waals surface area contributed by atoms with Crippen LogP contribution in [-0.2, 0) is 0 Å². The van der Waals surface area contributed by atoms with Gasteiger partial charge in [0, 0.05) is 28.3 Å². The minimum absolute atomic E-state index is 0.0915. The van der Waals surface area contributed by atoms with Crippen molar-refractivity contribution in [3.05, 3.63) is 52.2 Å². The van der Waals surface area contributed by atoms with E-state index in [2.05, 4.69) is 22.4 Å². The van der Waals surface area contributed by atoms with Crippen LogP contribution in [0.2, 0.25) is 5.02 Å². The summed E-state index contributed by atoms with van der Waals surface area (Å²) in [5.41, 5.74) is 1.97. The predicted octanol–water partition coefficient (Wildman–Crippen LogP) is 3.51. The molecule has 26 heavy (non-hydrogen) atoms. The molecule has 2 heterocycles. The van der Waals surface area contributed by atoms with Gasteiger partial charge in [0.05, 0.1) is 19.0 Å². The monoisotopic (exact) mass is 373 g/mol. The number of tetrazole rings is 1. The van der Waals surface area contributed by atoms with Crippen LogP contribution in [0.3, 0.4) is 0 Å². The molecule has 0 aliphatic heterocycles. The van der Waals surface area contributed by atoms with Crippen LogP contribution in [0.1, 0.15) is 32.7 Å². The van der Waals surface area contributed by atoms with Gasteiger partial charge in [-0.05, 0) is 42.0 Å². The van der Waals surface area contributed by atoms with Crippen molar-refractivity contribution in [2.24, 2.45) is 0 Å². The molecule has 1 aromatic carbocycles. The molecule has 0 aliphatic carbocycles. The summed E-state index contributed by atoms with van der Waals surface area (Å²) in [6.07, 6.45) is 5.15. The molecule has 1 atom stereocenters. The zero-order valence-electron chi connectivity index (χ0n) is 14.9. The summed E-state index contributed by atoms with van der Waals surface area (Å²) in [6.45, 7) is 4.12. The summed E-state index contributed by atoms with van der Waals surface area (Å²) in [7, 11) is 1.58. The summed E-state index contributed by atoms with van der Waals surface area (Å²) in [5, 5.41) is 11.8. The van der Waals surface area contributed by atoms with Gasteiger partial charge in [-0.3, -0.25) is 4.79 Å². The van der Waals surface area contributed by atoms with Gasteiger partial charge in [-0.25, -0.2) is 0 Å². The Kier molecular flexibility index (Phi) is 5.37. The lowest BCUT2D eigenvalue weighted by atomic mass is 10.0. The van der Waals surface area contributed by atoms with Crippen molar-refractivity contribution in [2.75, 3.05) is 7.11 Å². The third-order valence-corrected chi connectivity index (χ3v) is 4.53. The van der Waals surface area contributed by atoms with Gasteiger partial charge in [-0.1, -0.05) is 24.9 Å². The zero-order chi connectivity index (χ0) is 18.7. The lowest BCUT2D eigenvalue weighted by molar-refractivity contribution is 0.401. The molecule has 1 unspecified atom stereocenters. The predicted molar refractivity (Wildman–Crippen MR) is 100 cm³/mol. The second-order valence-corrected chi connectivity index (χ2v) is 6.49. The van der Waals surface area contributed by atoms with Gasteiger partial charge in [0.1, 0.15) is 12.1 Å². The number of rotatable bonds is 6. The SMILES string of the molecule is CCCC(C)n1cc(OC)c(-c2cc(Cl)ccc2-n2cnnn2)cc1=O. The molecule has 0 aliphatic rings. The number of ether oxygens (including phenoxy) is 1. The summed E-state index contributed by atoms with van der Waals surface area (Å²) in [4.78, 5) is 12.7. The number of hydrogen-bond donors (Lipinski definition) is 0. The molecule has 0 spiro atoms. The fourth-order valence-electron chi connectivity index (χ4n) is 3.00. The Morgan fingerprint density at radius 3 is 2.73 bits per heavy atom. The summed E-state index contributed by atoms with van der Waals surface area (Å²) >= 11 is 6.20. The Labute approximate surface area is 156 Å². The number of nitrogens with zero attached hydrogens (tertiary/aromatic N) is 5. The van der Waals surface area contributed by atoms with Crippen LogP contribution in [0.4, 0.5) is 0 Å². The van der Waals surface area contributed by atoms with Crippen LogP contribution < -0.4 is 10.3 Å². The first-order valence-electron chi connectivity index (χ1n) is 8.38. The average Bonchev–Trinajstić information content (AvgIpc) is 3.16. The first-order chi connectivity index (χ1) is 12.5. The molecule has 3 aromatic rings. The molecule has 0 bridgehead atoms. The van der Waals surface area contributed by atoms with E-state index in [-0.39, 0.29) is 11.6 Å². The van der Waals surface area contributed by atoms with Gasteiger partial charge in [-0.2, -0.15) is 4.68 Å². The van der Waals surface area contributed by atoms with Crippen LogP contribution in [0, 0.1) is 0 Å². The fraction of sp³-hybridized carbons (Fsp3) is 0.333. The van der Waals surface area contributed by atoms with Crippen LogP contribution in [0.15, 0.2) is 41.6 Å². The van der Waals surface area contributed by atoms with E-state index in [1.807, 2.05) is 6.92 Å². The third-order valence-electron chi connectivity index (χ3n) is 4.29. The highest BCUT2D eigenvalue weighted by molar-refractivity contribution is 6.31. The van der Waals surface area contributed by atoms with Crippen molar-refractivity contribution in [1.29, 1.82) is 0 Å². The topological polar surface area (TPSA) is 74.8 Å². The highest BCUT2D eigenvalue weighted by atomic mass is 35.5. The van der Waals surface area contributed by atoms with Crippen molar-refractivity contribution >= 4 is 11.6 Å². The molecular weight excluding hydrogens is 354 g/mol. The first-order valence-corrected chi connectivity index (χ1v) is 8.76. The number of methoxy groups -OCH3 is 1. The standard InChI is InChI=1S/C18H20ClN5O2/c1-4-5-12(2)23-10-17(26-3)15(9-18(23)25)14-8-13(19)6-7-16(14)24-11-20-21-22-24/h6-12H,4-5H2,1-3H3. The molecule has 2 aromatic heterocycles. The molecule has 0 saturated heterocycles. The largest absolute Gasteiger partial charge is 0.495 e. The highest BCUT2D eigenvalue weighted by Gasteiger charge is 2.17. The second-order valence-electron chi connectivity index (χ2n) is 6.05. The molecule has 0 N–H and O–H groups in total. The van der Waals surface area contributed by atoms with Crippen molar-refractivity contribution in [1.82, 2.24) is 24.8 Å². The van der Waals surface area contributed by atoms with E-state index in [1.54, 1.807) is 42.1 Å². The number of aromatic nitrogens is 5. The van der Waals surface area contributed by atoms with Gasteiger partial charge in [0.15, 0.2) is 0 Å². The van der Waals surface area contributed by atoms with Crippen LogP contribution in [-0.4, -0.2) is 31.9 Å². The minimum Gasteiger partial charge on any atom is -0.495 e. The molecule has 0 fully saturated rings. The lowest BCUT2D eigenvalue weighted by Crippen LogP contribution is -2.22. The van der Waals surface area contributed by atoms with Crippen LogP contribution in [0.5, 0.6) is 5.75 Å². The van der Waals surface area contributed by atoms with E-state index in [9.17, 15) is 4.79 Å². The van der Waals surface area contributed by atoms with Gasteiger partial charge in [-0.15, -0.1) is 5.10 Å². The molecule has 3 rings (SSSR count). The number of hydrogen-bond acceptors (Lipinski definition) is 5. The summed E-state index contributed by atoms with van der Waals surface area (Å²) < 4.78 is 8.80. The highest BCUT2D eigenvalue weighted by Crippen LogP contribution is 2.35. The fourth-order valence-corrected chi connectivity index (χ4v) is 3.17. The summed E-state index contributed by atoms with van der Waals surface area (Å²) in [5.74, 6) is 0.587. The first kappa shape index (κ1) is 18.1. The molecule has 0 amide bonds. The quantitative estimate of drug-likeness (QED) is 0.660. The number of benzene rings is 1. The van der Waals surface area contributed by atoms with Crippen molar-refractivity contribution in [3.8, 4) is 22.6 Å². The van der Waals surface area contributed by atoms with Crippen LogP contribution in [0.25, 0.3) is 16.8 Å². The molecule has 8 heteroatoms. The molecule has 0 radical (unpaired) electrons. The average molecular weight is 374 g/mol. The van der Waals surface area contributed by atoms with E-state index >= 15 is 0 Å². The van der Waals surface area contributed by atoms with Crippen molar-refractivity contribution in [3.63, 3.8) is 0 Å². The van der Waals surface area contributed by atoms with Gasteiger partial charge in [0.2, 0.25) is 0 Å². The van der Waals surface area contributed by atoms with Gasteiger partial charge < -0.3 is 9.30 Å². The van der Waals surface area contributed by atoms with E-state index in [4.69, 9.17) is 16.3 Å². The van der Waals surface area contributed by atoms with E-state index in [1.165, 1.54) is 11.0 Å². The molecule has 0 saturated carbocycles. The van der Waals surface area contributed by atoms with E-state index in [0.29, 0.717) is 27.6 Å². The molecule has 7 nitrogen and oxygen atoms in total. The van der Waals surface area contributed by atoms with Crippen molar-refractivity contribution < 1.29 is 4.74 Å². The van der Waals surface area contributed by atoms with Crippen molar-refractivity contribution in [2.45, 2.75) is 32.7 Å². The third kappa shape index (κ3) is 3.48. The Bertz CT molecular complexity index is 953. The lowest BCUT2D eigenvalue weighted by Gasteiger charge is -2.18. The maximum atomic E-state index is 12.7. The molecule has 136 valence electrons. The maximum absolute atomic E-state index is 12.7. The van der Waals surface area contributed by atoms with Gasteiger partial charge in [0.25, 0.3) is 5.56 Å². The number of pyridine rings is 1. The smallest absolute Gasteiger partial charge is 0.251 e. The summed E-state index contributed by atoms with van der Waals surface area (Å²) in [6, 6.07) is 6.99. The number of halogens is 1. The Morgan fingerprint density at radius 1 is 1.27 bits per heavy atom. The van der Waals surface area contributed by atoms with E-state index in [0.717, 1.165) is 12.8 Å².